The van der Waals surface area contributed by atoms with Crippen LogP contribution in [0.4, 0.5) is 22.0 Å². The predicted octanol–water partition coefficient (Wildman–Crippen LogP) is 4.71. The maximum absolute atomic E-state index is 13.5. The van der Waals surface area contributed by atoms with Crippen molar-refractivity contribution in [1.29, 1.82) is 0 Å². The lowest BCUT2D eigenvalue weighted by atomic mass is 10.0. The highest BCUT2D eigenvalue weighted by atomic mass is 35.5. The van der Waals surface area contributed by atoms with E-state index in [0.29, 0.717) is 12.1 Å². The minimum Gasteiger partial charge on any atom is -0.207 e. The van der Waals surface area contributed by atoms with E-state index in [1.54, 1.807) is 0 Å². The standard InChI is InChI=1S/C13H6ClF5/c14-13(11-7(16)2-1-3-8(11)17)12-9(18)4-6(15)5-10(12)19/h1-5,13H. The summed E-state index contributed by atoms with van der Waals surface area (Å²) in [7, 11) is 0. The van der Waals surface area contributed by atoms with E-state index < -0.39 is 45.6 Å². The van der Waals surface area contributed by atoms with Crippen LogP contribution >= 0.6 is 11.6 Å². The lowest BCUT2D eigenvalue weighted by Crippen LogP contribution is -2.06. The molecule has 2 rings (SSSR count). The highest BCUT2D eigenvalue weighted by Crippen LogP contribution is 2.35. The number of rotatable bonds is 2. The van der Waals surface area contributed by atoms with Gasteiger partial charge in [-0.25, -0.2) is 22.0 Å². The molecule has 1 unspecified atom stereocenters. The Morgan fingerprint density at radius 3 is 1.63 bits per heavy atom. The second-order valence-electron chi connectivity index (χ2n) is 3.78. The van der Waals surface area contributed by atoms with E-state index in [9.17, 15) is 22.0 Å². The first-order valence-electron chi connectivity index (χ1n) is 5.14. The number of benzene rings is 2. The molecule has 0 aliphatic heterocycles. The van der Waals surface area contributed by atoms with Crippen LogP contribution in [0.3, 0.4) is 0 Å². The zero-order chi connectivity index (χ0) is 14.2. The normalized spacial score (nSPS) is 12.5. The van der Waals surface area contributed by atoms with Crippen molar-refractivity contribution in [3.8, 4) is 0 Å². The zero-order valence-electron chi connectivity index (χ0n) is 9.23. The van der Waals surface area contributed by atoms with Crippen molar-refractivity contribution in [3.05, 3.63) is 70.5 Å². The minimum atomic E-state index is -1.73. The number of halogens is 6. The van der Waals surface area contributed by atoms with Gasteiger partial charge in [-0.1, -0.05) is 6.07 Å². The molecule has 0 aromatic heterocycles. The van der Waals surface area contributed by atoms with E-state index in [1.165, 1.54) is 0 Å². The Labute approximate surface area is 110 Å². The van der Waals surface area contributed by atoms with Crippen LogP contribution in [0.15, 0.2) is 30.3 Å². The topological polar surface area (TPSA) is 0 Å². The SMILES string of the molecule is Fc1cc(F)c(C(Cl)c2c(F)cccc2F)c(F)c1. The van der Waals surface area contributed by atoms with E-state index in [-0.39, 0.29) is 0 Å². The molecule has 19 heavy (non-hydrogen) atoms. The van der Waals surface area contributed by atoms with Gasteiger partial charge in [0.1, 0.15) is 29.1 Å². The Morgan fingerprint density at radius 1 is 0.737 bits per heavy atom. The van der Waals surface area contributed by atoms with Gasteiger partial charge in [0.2, 0.25) is 0 Å². The van der Waals surface area contributed by atoms with Crippen LogP contribution in [0.5, 0.6) is 0 Å². The van der Waals surface area contributed by atoms with E-state index in [1.807, 2.05) is 0 Å². The first kappa shape index (κ1) is 13.8. The Kier molecular flexibility index (Phi) is 3.75. The maximum atomic E-state index is 13.5. The van der Waals surface area contributed by atoms with Gasteiger partial charge in [-0.3, -0.25) is 0 Å². The largest absolute Gasteiger partial charge is 0.207 e. The minimum absolute atomic E-state index is 0.395. The fourth-order valence-electron chi connectivity index (χ4n) is 1.69. The molecule has 0 radical (unpaired) electrons. The molecular formula is C13H6ClF5. The molecule has 6 heteroatoms. The summed E-state index contributed by atoms with van der Waals surface area (Å²) in [6.07, 6.45) is 0. The third kappa shape index (κ3) is 2.56. The predicted molar refractivity (Wildman–Crippen MR) is 60.4 cm³/mol. The first-order chi connectivity index (χ1) is 8.91. The third-order valence-electron chi connectivity index (χ3n) is 2.55. The molecule has 0 aliphatic rings. The molecule has 1 atom stereocenters. The van der Waals surface area contributed by atoms with Crippen LogP contribution in [0.2, 0.25) is 0 Å². The van der Waals surface area contributed by atoms with Gasteiger partial charge in [-0.05, 0) is 12.1 Å². The lowest BCUT2D eigenvalue weighted by molar-refractivity contribution is 0.516. The monoisotopic (exact) mass is 292 g/mol. The van der Waals surface area contributed by atoms with Gasteiger partial charge in [0.25, 0.3) is 0 Å². The molecule has 2 aromatic rings. The van der Waals surface area contributed by atoms with E-state index in [0.717, 1.165) is 18.2 Å². The highest BCUT2D eigenvalue weighted by Gasteiger charge is 2.26. The second kappa shape index (κ2) is 5.17. The molecule has 0 fully saturated rings. The fourth-order valence-corrected chi connectivity index (χ4v) is 2.11. The van der Waals surface area contributed by atoms with E-state index in [2.05, 4.69) is 0 Å². The summed E-state index contributed by atoms with van der Waals surface area (Å²) in [5.41, 5.74) is -1.49. The number of alkyl halides is 1. The summed E-state index contributed by atoms with van der Waals surface area (Å²) in [5.74, 6) is -5.83. The Hall–Kier alpha value is -1.62. The van der Waals surface area contributed by atoms with Gasteiger partial charge in [0, 0.05) is 23.3 Å². The van der Waals surface area contributed by atoms with Crippen molar-refractivity contribution in [2.24, 2.45) is 0 Å². The van der Waals surface area contributed by atoms with Gasteiger partial charge < -0.3 is 0 Å². The van der Waals surface area contributed by atoms with Gasteiger partial charge >= 0.3 is 0 Å². The van der Waals surface area contributed by atoms with E-state index in [4.69, 9.17) is 11.6 Å². The third-order valence-corrected chi connectivity index (χ3v) is 2.99. The molecule has 0 saturated heterocycles. The molecule has 0 bridgehead atoms. The van der Waals surface area contributed by atoms with Crippen LogP contribution in [0, 0.1) is 29.1 Å². The van der Waals surface area contributed by atoms with Crippen LogP contribution in [0.25, 0.3) is 0 Å². The summed E-state index contributed by atoms with van der Waals surface area (Å²) in [4.78, 5) is 0. The Balaban J connectivity index is 2.60. The highest BCUT2D eigenvalue weighted by molar-refractivity contribution is 6.22. The molecule has 0 aliphatic carbocycles. The average molecular weight is 293 g/mol. The van der Waals surface area contributed by atoms with Gasteiger partial charge in [-0.15, -0.1) is 11.6 Å². The molecular weight excluding hydrogens is 287 g/mol. The Morgan fingerprint density at radius 2 is 1.16 bits per heavy atom. The molecule has 0 nitrogen and oxygen atoms in total. The van der Waals surface area contributed by atoms with Crippen molar-refractivity contribution < 1.29 is 22.0 Å². The van der Waals surface area contributed by atoms with Crippen LogP contribution in [0.1, 0.15) is 16.5 Å². The first-order valence-corrected chi connectivity index (χ1v) is 5.58. The van der Waals surface area contributed by atoms with Crippen molar-refractivity contribution in [1.82, 2.24) is 0 Å². The zero-order valence-corrected chi connectivity index (χ0v) is 9.99. The summed E-state index contributed by atoms with van der Waals surface area (Å²) in [6, 6.07) is 3.70. The van der Waals surface area contributed by atoms with Crippen LogP contribution in [-0.4, -0.2) is 0 Å². The van der Waals surface area contributed by atoms with Gasteiger partial charge in [0.15, 0.2) is 0 Å². The lowest BCUT2D eigenvalue weighted by Gasteiger charge is -2.14. The number of hydrogen-bond acceptors (Lipinski definition) is 0. The van der Waals surface area contributed by atoms with Gasteiger partial charge in [0.05, 0.1) is 5.38 Å². The van der Waals surface area contributed by atoms with E-state index >= 15 is 0 Å². The van der Waals surface area contributed by atoms with Crippen LogP contribution in [-0.2, 0) is 0 Å². The smallest absolute Gasteiger partial charge is 0.134 e. The summed E-state index contributed by atoms with van der Waals surface area (Å²) in [5, 5.41) is -1.73. The van der Waals surface area contributed by atoms with Crippen molar-refractivity contribution >= 4 is 11.6 Å². The average Bonchev–Trinajstić information content (AvgIpc) is 2.26. The molecule has 0 spiro atoms. The molecule has 100 valence electrons. The van der Waals surface area contributed by atoms with Crippen LogP contribution < -0.4 is 0 Å². The van der Waals surface area contributed by atoms with Crippen molar-refractivity contribution in [2.45, 2.75) is 5.38 Å². The molecule has 0 amide bonds. The quantitative estimate of drug-likeness (QED) is 0.555. The second-order valence-corrected chi connectivity index (χ2v) is 4.22. The molecule has 0 heterocycles. The maximum Gasteiger partial charge on any atom is 0.134 e. The molecule has 0 saturated carbocycles. The van der Waals surface area contributed by atoms with Gasteiger partial charge in [-0.2, -0.15) is 0 Å². The Bertz CT molecular complexity index is 583. The van der Waals surface area contributed by atoms with Crippen molar-refractivity contribution in [3.63, 3.8) is 0 Å². The summed E-state index contributed by atoms with van der Waals surface area (Å²) in [6.45, 7) is 0. The molecule has 2 aromatic carbocycles. The number of hydrogen-bond donors (Lipinski definition) is 0. The summed E-state index contributed by atoms with van der Waals surface area (Å²) < 4.78 is 66.7. The summed E-state index contributed by atoms with van der Waals surface area (Å²) >= 11 is 5.72. The fraction of sp³-hybridized carbons (Fsp3) is 0.0769. The van der Waals surface area contributed by atoms with Crippen molar-refractivity contribution in [2.75, 3.05) is 0 Å². The molecule has 0 N–H and O–H groups in total.